The SMILES string of the molecule is COc1cccc(/C=C(\C#N)C(=O)OCC(=O)N[C@H]2CCCC[C@@H]2C)c1. The van der Waals surface area contributed by atoms with Crippen molar-refractivity contribution in [3.8, 4) is 11.8 Å². The lowest BCUT2D eigenvalue weighted by atomic mass is 9.86. The van der Waals surface area contributed by atoms with Gasteiger partial charge >= 0.3 is 5.97 Å². The lowest BCUT2D eigenvalue weighted by Crippen LogP contribution is -2.42. The first kappa shape index (κ1) is 19.5. The van der Waals surface area contributed by atoms with E-state index in [1.54, 1.807) is 24.3 Å². The van der Waals surface area contributed by atoms with Crippen LogP contribution >= 0.6 is 0 Å². The van der Waals surface area contributed by atoms with E-state index in [4.69, 9.17) is 9.47 Å². The molecule has 1 N–H and O–H groups in total. The maximum Gasteiger partial charge on any atom is 0.349 e. The summed E-state index contributed by atoms with van der Waals surface area (Å²) in [6.45, 7) is 1.72. The van der Waals surface area contributed by atoms with Gasteiger partial charge in [-0.2, -0.15) is 5.26 Å². The van der Waals surface area contributed by atoms with Crippen molar-refractivity contribution >= 4 is 18.0 Å². The maximum atomic E-state index is 12.1. The summed E-state index contributed by atoms with van der Waals surface area (Å²) >= 11 is 0. The van der Waals surface area contributed by atoms with E-state index in [0.29, 0.717) is 17.2 Å². The molecule has 1 aliphatic carbocycles. The Bertz CT molecular complexity index is 721. The van der Waals surface area contributed by atoms with Crippen LogP contribution in [0.2, 0.25) is 0 Å². The molecule has 1 fully saturated rings. The van der Waals surface area contributed by atoms with Crippen LogP contribution in [0.4, 0.5) is 0 Å². The summed E-state index contributed by atoms with van der Waals surface area (Å²) in [4.78, 5) is 24.1. The predicted molar refractivity (Wildman–Crippen MR) is 97.1 cm³/mol. The van der Waals surface area contributed by atoms with E-state index in [-0.39, 0.29) is 24.1 Å². The van der Waals surface area contributed by atoms with Gasteiger partial charge in [0.1, 0.15) is 17.4 Å². The van der Waals surface area contributed by atoms with Gasteiger partial charge in [-0.3, -0.25) is 4.79 Å². The summed E-state index contributed by atoms with van der Waals surface area (Å²) in [5, 5.41) is 12.1. The largest absolute Gasteiger partial charge is 0.497 e. The Labute approximate surface area is 153 Å². The van der Waals surface area contributed by atoms with E-state index >= 15 is 0 Å². The number of methoxy groups -OCH3 is 1. The molecule has 0 heterocycles. The van der Waals surface area contributed by atoms with Gasteiger partial charge in [0.15, 0.2) is 6.61 Å². The van der Waals surface area contributed by atoms with Crippen LogP contribution in [0.5, 0.6) is 5.75 Å². The summed E-state index contributed by atoms with van der Waals surface area (Å²) < 4.78 is 10.1. The molecule has 2 atom stereocenters. The number of rotatable bonds is 6. The smallest absolute Gasteiger partial charge is 0.349 e. The van der Waals surface area contributed by atoms with Crippen molar-refractivity contribution in [1.29, 1.82) is 5.26 Å². The van der Waals surface area contributed by atoms with Gasteiger partial charge in [-0.25, -0.2) is 4.79 Å². The number of nitrogens with zero attached hydrogens (tertiary/aromatic N) is 1. The second-order valence-electron chi connectivity index (χ2n) is 6.46. The monoisotopic (exact) mass is 356 g/mol. The fourth-order valence-electron chi connectivity index (χ4n) is 3.02. The summed E-state index contributed by atoms with van der Waals surface area (Å²) in [7, 11) is 1.54. The third-order valence-corrected chi connectivity index (χ3v) is 4.54. The fraction of sp³-hybridized carbons (Fsp3) is 0.450. The van der Waals surface area contributed by atoms with Crippen LogP contribution in [0, 0.1) is 17.2 Å². The highest BCUT2D eigenvalue weighted by atomic mass is 16.5. The van der Waals surface area contributed by atoms with Crippen molar-refractivity contribution in [2.75, 3.05) is 13.7 Å². The molecule has 1 aromatic rings. The summed E-state index contributed by atoms with van der Waals surface area (Å²) in [6.07, 6.45) is 5.72. The molecule has 1 aliphatic rings. The highest BCUT2D eigenvalue weighted by molar-refractivity contribution is 5.98. The third-order valence-electron chi connectivity index (χ3n) is 4.54. The zero-order valence-electron chi connectivity index (χ0n) is 15.2. The van der Waals surface area contributed by atoms with Crippen LogP contribution in [0.1, 0.15) is 38.2 Å². The molecule has 1 amide bonds. The molecule has 0 aliphatic heterocycles. The normalized spacial score (nSPS) is 20.0. The molecule has 0 saturated heterocycles. The standard InChI is InChI=1S/C20H24N2O4/c1-14-6-3-4-9-18(14)22-19(23)13-26-20(24)16(12-21)10-15-7-5-8-17(11-15)25-2/h5,7-8,10-11,14,18H,3-4,6,9,13H2,1-2H3,(H,22,23)/b16-10+/t14-,18-/m0/s1. The van der Waals surface area contributed by atoms with E-state index < -0.39 is 5.97 Å². The topological polar surface area (TPSA) is 88.4 Å². The minimum atomic E-state index is -0.817. The zero-order valence-corrected chi connectivity index (χ0v) is 15.2. The second-order valence-corrected chi connectivity index (χ2v) is 6.46. The number of carbonyl (C=O) groups is 2. The number of hydrogen-bond donors (Lipinski definition) is 1. The molecule has 138 valence electrons. The Morgan fingerprint density at radius 1 is 1.35 bits per heavy atom. The van der Waals surface area contributed by atoms with Crippen molar-refractivity contribution in [3.05, 3.63) is 35.4 Å². The molecular formula is C20H24N2O4. The Hall–Kier alpha value is -2.81. The Kier molecular flexibility index (Phi) is 7.22. The predicted octanol–water partition coefficient (Wildman–Crippen LogP) is 2.84. The lowest BCUT2D eigenvalue weighted by Gasteiger charge is -2.29. The average molecular weight is 356 g/mol. The number of amides is 1. The van der Waals surface area contributed by atoms with Crippen LogP contribution in [0.15, 0.2) is 29.8 Å². The number of esters is 1. The molecule has 0 unspecified atom stereocenters. The van der Waals surface area contributed by atoms with E-state index in [1.165, 1.54) is 19.6 Å². The van der Waals surface area contributed by atoms with Gasteiger partial charge in [0, 0.05) is 6.04 Å². The van der Waals surface area contributed by atoms with Gasteiger partial charge in [-0.05, 0) is 42.5 Å². The summed E-state index contributed by atoms with van der Waals surface area (Å²) in [5.74, 6) is -0.116. The molecule has 1 saturated carbocycles. The van der Waals surface area contributed by atoms with E-state index in [2.05, 4.69) is 12.2 Å². The highest BCUT2D eigenvalue weighted by Crippen LogP contribution is 2.23. The van der Waals surface area contributed by atoms with E-state index in [0.717, 1.165) is 19.3 Å². The fourth-order valence-corrected chi connectivity index (χ4v) is 3.02. The molecule has 6 heteroatoms. The van der Waals surface area contributed by atoms with E-state index in [9.17, 15) is 14.9 Å². The Morgan fingerprint density at radius 3 is 2.81 bits per heavy atom. The first-order chi connectivity index (χ1) is 12.5. The maximum absolute atomic E-state index is 12.1. The highest BCUT2D eigenvalue weighted by Gasteiger charge is 2.23. The molecule has 0 spiro atoms. The van der Waals surface area contributed by atoms with Crippen LogP contribution in [-0.4, -0.2) is 31.6 Å². The van der Waals surface area contributed by atoms with Crippen molar-refractivity contribution in [1.82, 2.24) is 5.32 Å². The van der Waals surface area contributed by atoms with Gasteiger partial charge in [0.05, 0.1) is 7.11 Å². The first-order valence-electron chi connectivity index (χ1n) is 8.76. The van der Waals surface area contributed by atoms with Crippen molar-refractivity contribution < 1.29 is 19.1 Å². The van der Waals surface area contributed by atoms with Gasteiger partial charge in [-0.1, -0.05) is 31.9 Å². The zero-order chi connectivity index (χ0) is 18.9. The minimum absolute atomic E-state index is 0.123. The minimum Gasteiger partial charge on any atom is -0.497 e. The molecule has 0 radical (unpaired) electrons. The lowest BCUT2D eigenvalue weighted by molar-refractivity contribution is -0.144. The first-order valence-corrected chi connectivity index (χ1v) is 8.76. The van der Waals surface area contributed by atoms with Gasteiger partial charge in [-0.15, -0.1) is 0 Å². The number of ether oxygens (including phenoxy) is 2. The van der Waals surface area contributed by atoms with Crippen molar-refractivity contribution in [2.24, 2.45) is 5.92 Å². The van der Waals surface area contributed by atoms with Crippen molar-refractivity contribution in [2.45, 2.75) is 38.6 Å². The third kappa shape index (κ3) is 5.62. The number of nitrogens with one attached hydrogen (secondary N) is 1. The number of benzene rings is 1. The molecule has 0 aromatic heterocycles. The summed E-state index contributed by atoms with van der Waals surface area (Å²) in [6, 6.07) is 8.89. The molecule has 26 heavy (non-hydrogen) atoms. The number of hydrogen-bond acceptors (Lipinski definition) is 5. The molecule has 1 aromatic carbocycles. The van der Waals surface area contributed by atoms with Crippen molar-refractivity contribution in [3.63, 3.8) is 0 Å². The van der Waals surface area contributed by atoms with E-state index in [1.807, 2.05) is 6.07 Å². The van der Waals surface area contributed by atoms with Crippen LogP contribution in [0.25, 0.3) is 6.08 Å². The molecule has 0 bridgehead atoms. The average Bonchev–Trinajstić information content (AvgIpc) is 2.66. The van der Waals surface area contributed by atoms with Gasteiger partial charge in [0.25, 0.3) is 5.91 Å². The van der Waals surface area contributed by atoms with Crippen LogP contribution in [-0.2, 0) is 14.3 Å². The number of nitriles is 1. The van der Waals surface area contributed by atoms with Crippen LogP contribution < -0.4 is 10.1 Å². The quantitative estimate of drug-likeness (QED) is 0.481. The molecule has 6 nitrogen and oxygen atoms in total. The molecular weight excluding hydrogens is 332 g/mol. The summed E-state index contributed by atoms with van der Waals surface area (Å²) in [5.41, 5.74) is 0.468. The second kappa shape index (κ2) is 9.62. The Balaban J connectivity index is 1.91. The van der Waals surface area contributed by atoms with Gasteiger partial charge < -0.3 is 14.8 Å². The number of carbonyl (C=O) groups excluding carboxylic acids is 2. The van der Waals surface area contributed by atoms with Gasteiger partial charge in [0.2, 0.25) is 0 Å². The molecule has 2 rings (SSSR count). The Morgan fingerprint density at radius 2 is 2.12 bits per heavy atom. The van der Waals surface area contributed by atoms with Crippen LogP contribution in [0.3, 0.4) is 0 Å².